The quantitative estimate of drug-likeness (QED) is 0.526. The summed E-state index contributed by atoms with van der Waals surface area (Å²) in [6.07, 6.45) is 2.80. The number of halogens is 1. The number of carbonyl (C=O) groups excluding carboxylic acids is 1. The van der Waals surface area contributed by atoms with Crippen molar-refractivity contribution in [3.8, 4) is 0 Å². The molecule has 2 N–H and O–H groups in total. The standard InChI is InChI=1S/C10H11BrN2O2.C4H8/c1-2-15-10(14)8(5-12)9-4-3-7(11)6-13-9;1-4(2)3/h3-6H,2,12H2,1H3;1H2,2-3H3/b8-5+;. The van der Waals surface area contributed by atoms with Gasteiger partial charge in [-0.05, 0) is 48.8 Å². The van der Waals surface area contributed by atoms with Gasteiger partial charge in [0.15, 0.2) is 0 Å². The molecule has 1 aromatic rings. The van der Waals surface area contributed by atoms with Crippen LogP contribution in [0.5, 0.6) is 0 Å². The molecule has 0 aliphatic heterocycles. The topological polar surface area (TPSA) is 65.2 Å². The van der Waals surface area contributed by atoms with Gasteiger partial charge in [-0.15, -0.1) is 6.58 Å². The molecule has 0 aromatic carbocycles. The fourth-order valence-corrected chi connectivity index (χ4v) is 1.24. The van der Waals surface area contributed by atoms with E-state index < -0.39 is 5.97 Å². The predicted octanol–water partition coefficient (Wildman–Crippen LogP) is 3.29. The molecule has 1 heterocycles. The Morgan fingerprint density at radius 1 is 1.53 bits per heavy atom. The van der Waals surface area contributed by atoms with Gasteiger partial charge in [0.2, 0.25) is 0 Å². The van der Waals surface area contributed by atoms with Gasteiger partial charge in [-0.1, -0.05) is 5.57 Å². The van der Waals surface area contributed by atoms with E-state index in [9.17, 15) is 4.79 Å². The van der Waals surface area contributed by atoms with Crippen molar-refractivity contribution in [1.29, 1.82) is 0 Å². The summed E-state index contributed by atoms with van der Waals surface area (Å²) in [5.74, 6) is -0.463. The van der Waals surface area contributed by atoms with Crippen molar-refractivity contribution in [1.82, 2.24) is 4.98 Å². The molecular weight excluding hydrogens is 308 g/mol. The van der Waals surface area contributed by atoms with E-state index in [2.05, 4.69) is 27.5 Å². The van der Waals surface area contributed by atoms with E-state index in [0.717, 1.165) is 4.47 Å². The third kappa shape index (κ3) is 7.41. The number of carbonyl (C=O) groups is 1. The molecule has 1 rings (SSSR count). The second-order valence-electron chi connectivity index (χ2n) is 3.87. The monoisotopic (exact) mass is 326 g/mol. The Balaban J connectivity index is 0.000000711. The summed E-state index contributed by atoms with van der Waals surface area (Å²) in [6.45, 7) is 9.55. The van der Waals surface area contributed by atoms with E-state index in [1.807, 2.05) is 13.8 Å². The summed E-state index contributed by atoms with van der Waals surface area (Å²) < 4.78 is 5.68. The van der Waals surface area contributed by atoms with Gasteiger partial charge in [0.1, 0.15) is 5.57 Å². The molecule has 0 amide bonds. The lowest BCUT2D eigenvalue weighted by Crippen LogP contribution is -2.09. The van der Waals surface area contributed by atoms with Crippen LogP contribution in [0.3, 0.4) is 0 Å². The molecule has 0 spiro atoms. The molecule has 0 bridgehead atoms. The van der Waals surface area contributed by atoms with Gasteiger partial charge in [-0.3, -0.25) is 4.98 Å². The van der Waals surface area contributed by atoms with E-state index in [1.54, 1.807) is 25.3 Å². The van der Waals surface area contributed by atoms with Crippen molar-refractivity contribution >= 4 is 27.5 Å². The molecule has 0 saturated carbocycles. The van der Waals surface area contributed by atoms with Crippen LogP contribution in [0.4, 0.5) is 0 Å². The first-order valence-electron chi connectivity index (χ1n) is 5.75. The van der Waals surface area contributed by atoms with Gasteiger partial charge in [0.25, 0.3) is 0 Å². The van der Waals surface area contributed by atoms with Crippen LogP contribution in [0.1, 0.15) is 26.5 Å². The number of nitrogens with two attached hydrogens (primary N) is 1. The first-order chi connectivity index (χ1) is 8.92. The molecule has 1 aromatic heterocycles. The van der Waals surface area contributed by atoms with Gasteiger partial charge in [-0.2, -0.15) is 0 Å². The second kappa shape index (κ2) is 9.33. The fourth-order valence-electron chi connectivity index (χ4n) is 1.00. The lowest BCUT2D eigenvalue weighted by Gasteiger charge is -2.05. The molecule has 0 atom stereocenters. The van der Waals surface area contributed by atoms with E-state index >= 15 is 0 Å². The van der Waals surface area contributed by atoms with Crippen LogP contribution < -0.4 is 5.73 Å². The molecule has 0 saturated heterocycles. The third-order valence-corrected chi connectivity index (χ3v) is 2.13. The maximum atomic E-state index is 11.4. The van der Waals surface area contributed by atoms with Crippen LogP contribution >= 0.6 is 15.9 Å². The molecule has 4 nitrogen and oxygen atoms in total. The normalized spacial score (nSPS) is 10.2. The highest BCUT2D eigenvalue weighted by atomic mass is 79.9. The maximum absolute atomic E-state index is 11.4. The predicted molar refractivity (Wildman–Crippen MR) is 81.2 cm³/mol. The number of hydrogen-bond donors (Lipinski definition) is 1. The van der Waals surface area contributed by atoms with Gasteiger partial charge in [-0.25, -0.2) is 4.79 Å². The lowest BCUT2D eigenvalue weighted by atomic mass is 10.2. The highest BCUT2D eigenvalue weighted by molar-refractivity contribution is 9.10. The lowest BCUT2D eigenvalue weighted by molar-refractivity contribution is -0.136. The fraction of sp³-hybridized carbons (Fsp3) is 0.286. The molecule has 19 heavy (non-hydrogen) atoms. The Hall–Kier alpha value is -1.62. The number of nitrogens with zero attached hydrogens (tertiary/aromatic N) is 1. The van der Waals surface area contributed by atoms with Gasteiger partial charge in [0.05, 0.1) is 12.3 Å². The molecule has 0 aliphatic carbocycles. The van der Waals surface area contributed by atoms with Crippen molar-refractivity contribution in [2.24, 2.45) is 5.73 Å². The van der Waals surface area contributed by atoms with Crippen molar-refractivity contribution in [3.63, 3.8) is 0 Å². The van der Waals surface area contributed by atoms with E-state index in [-0.39, 0.29) is 5.57 Å². The average Bonchev–Trinajstić information content (AvgIpc) is 2.32. The van der Waals surface area contributed by atoms with E-state index in [0.29, 0.717) is 12.3 Å². The SMILES string of the molecule is C=C(C)C.CCOC(=O)/C(=C/N)c1ccc(Br)cn1. The highest BCUT2D eigenvalue weighted by Crippen LogP contribution is 2.15. The summed E-state index contributed by atoms with van der Waals surface area (Å²) in [4.78, 5) is 15.5. The minimum absolute atomic E-state index is 0.268. The van der Waals surface area contributed by atoms with Crippen molar-refractivity contribution < 1.29 is 9.53 Å². The van der Waals surface area contributed by atoms with Crippen LogP contribution in [-0.4, -0.2) is 17.6 Å². The minimum atomic E-state index is -0.463. The zero-order valence-electron chi connectivity index (χ0n) is 11.4. The number of aromatic nitrogens is 1. The number of rotatable bonds is 3. The Kier molecular flexibility index (Phi) is 8.53. The summed E-state index contributed by atoms with van der Waals surface area (Å²) in [5.41, 5.74) is 7.29. The minimum Gasteiger partial charge on any atom is -0.462 e. The van der Waals surface area contributed by atoms with Crippen LogP contribution in [-0.2, 0) is 9.53 Å². The maximum Gasteiger partial charge on any atom is 0.341 e. The molecule has 0 aliphatic rings. The largest absolute Gasteiger partial charge is 0.462 e. The van der Waals surface area contributed by atoms with Crippen LogP contribution in [0.15, 0.2) is 41.2 Å². The van der Waals surface area contributed by atoms with Crippen molar-refractivity contribution in [2.75, 3.05) is 6.61 Å². The summed E-state index contributed by atoms with van der Waals surface area (Å²) >= 11 is 3.25. The Morgan fingerprint density at radius 2 is 2.11 bits per heavy atom. The summed E-state index contributed by atoms with van der Waals surface area (Å²) in [6, 6.07) is 3.48. The van der Waals surface area contributed by atoms with Gasteiger partial charge < -0.3 is 10.5 Å². The number of ether oxygens (including phenoxy) is 1. The Labute approximate surface area is 122 Å². The van der Waals surface area contributed by atoms with Gasteiger partial charge in [0, 0.05) is 16.9 Å². The molecular formula is C14H19BrN2O2. The number of pyridine rings is 1. The van der Waals surface area contributed by atoms with Crippen molar-refractivity contribution in [3.05, 3.63) is 46.8 Å². The van der Waals surface area contributed by atoms with Crippen molar-refractivity contribution in [2.45, 2.75) is 20.8 Å². The molecule has 0 radical (unpaired) electrons. The first kappa shape index (κ1) is 17.4. The molecule has 0 unspecified atom stereocenters. The molecule has 5 heteroatoms. The zero-order chi connectivity index (χ0) is 14.8. The third-order valence-electron chi connectivity index (χ3n) is 1.67. The van der Waals surface area contributed by atoms with E-state index in [1.165, 1.54) is 11.8 Å². The number of hydrogen-bond acceptors (Lipinski definition) is 4. The average molecular weight is 327 g/mol. The smallest absolute Gasteiger partial charge is 0.341 e. The zero-order valence-corrected chi connectivity index (χ0v) is 13.0. The molecule has 0 fully saturated rings. The second-order valence-corrected chi connectivity index (χ2v) is 4.79. The Bertz CT molecular complexity index is 449. The summed E-state index contributed by atoms with van der Waals surface area (Å²) in [7, 11) is 0. The number of allylic oxidation sites excluding steroid dienone is 1. The highest BCUT2D eigenvalue weighted by Gasteiger charge is 2.13. The Morgan fingerprint density at radius 3 is 2.47 bits per heavy atom. The van der Waals surface area contributed by atoms with Crippen LogP contribution in [0.25, 0.3) is 5.57 Å². The first-order valence-corrected chi connectivity index (χ1v) is 6.54. The van der Waals surface area contributed by atoms with Crippen LogP contribution in [0, 0.1) is 0 Å². The summed E-state index contributed by atoms with van der Waals surface area (Å²) in [5, 5.41) is 0. The van der Waals surface area contributed by atoms with Gasteiger partial charge >= 0.3 is 5.97 Å². The molecule has 104 valence electrons. The van der Waals surface area contributed by atoms with E-state index in [4.69, 9.17) is 10.5 Å². The van der Waals surface area contributed by atoms with Crippen LogP contribution in [0.2, 0.25) is 0 Å². The number of esters is 1.